The molecule has 0 fully saturated rings. The van der Waals surface area contributed by atoms with E-state index in [-0.39, 0.29) is 37.6 Å². The second-order valence-corrected chi connectivity index (χ2v) is 3.38. The van der Waals surface area contributed by atoms with Gasteiger partial charge in [-0.25, -0.2) is 0 Å². The molecule has 0 radical (unpaired) electrons. The van der Waals surface area contributed by atoms with E-state index in [0.29, 0.717) is 0 Å². The molecule has 0 heterocycles. The Kier molecular flexibility index (Phi) is 22.7. The minimum absolute atomic E-state index is 0. The Bertz CT molecular complexity index is 320. The first-order valence-electron chi connectivity index (χ1n) is 5.47. The number of carbonyl (C=O) groups is 4. The van der Waals surface area contributed by atoms with Crippen LogP contribution in [0.4, 0.5) is 0 Å². The first-order valence-corrected chi connectivity index (χ1v) is 5.47. The van der Waals surface area contributed by atoms with Crippen LogP contribution in [0.25, 0.3) is 0 Å². The molecule has 0 aliphatic carbocycles. The fraction of sp³-hybridized carbons (Fsp3) is 0.455. The van der Waals surface area contributed by atoms with Crippen LogP contribution in [0.3, 0.4) is 0 Å². The van der Waals surface area contributed by atoms with Crippen LogP contribution in [-0.2, 0) is 19.2 Å². The summed E-state index contributed by atoms with van der Waals surface area (Å²) in [7, 11) is 0. The molecule has 0 rings (SSSR count). The van der Waals surface area contributed by atoms with Crippen molar-refractivity contribution in [3.05, 3.63) is 12.0 Å². The molecule has 11 nitrogen and oxygen atoms in total. The molecule has 0 bridgehead atoms. The van der Waals surface area contributed by atoms with Gasteiger partial charge in [-0.05, 0) is 6.92 Å². The minimum atomic E-state index is -1.08. The largest absolute Gasteiger partial charge is 0.511 e. The van der Waals surface area contributed by atoms with E-state index in [1.807, 2.05) is 0 Å². The topological polar surface area (TPSA) is 230 Å². The highest BCUT2D eigenvalue weighted by Gasteiger charge is 2.00. The fourth-order valence-electron chi connectivity index (χ4n) is 0.428. The third kappa shape index (κ3) is 53.4. The van der Waals surface area contributed by atoms with Gasteiger partial charge in [0.05, 0.1) is 25.7 Å². The molecule has 10 N–H and O–H groups in total. The van der Waals surface area contributed by atoms with Gasteiger partial charge in [-0.3, -0.25) is 19.2 Å². The second kappa shape index (κ2) is 18.2. The molecule has 22 heavy (non-hydrogen) atoms. The number of aliphatic hydroxyl groups is 1. The Morgan fingerprint density at radius 3 is 0.909 bits per heavy atom. The van der Waals surface area contributed by atoms with E-state index in [9.17, 15) is 19.2 Å². The van der Waals surface area contributed by atoms with Crippen molar-refractivity contribution in [2.45, 2.75) is 32.6 Å². The first kappa shape index (κ1) is 27.5. The standard InChI is InChI=1S/2C4H6O4.C3H7NO.H3N/c2*5-3(6)1-2-4(7)8;1-3(5)2-4;/h2*1-2H2,(H,5,6)(H,7,8);2,5H,4H2,1H3;1H3. The highest BCUT2D eigenvalue weighted by atomic mass is 16.4. The lowest BCUT2D eigenvalue weighted by atomic mass is 10.3. The summed E-state index contributed by atoms with van der Waals surface area (Å²) in [6.07, 6.45) is -0.0463. The third-order valence-corrected chi connectivity index (χ3v) is 1.35. The summed E-state index contributed by atoms with van der Waals surface area (Å²) in [4.78, 5) is 38.6. The molecule has 0 aliphatic rings. The lowest BCUT2D eigenvalue weighted by Crippen LogP contribution is -2.00. The fourth-order valence-corrected chi connectivity index (χ4v) is 0.428. The molecule has 0 aromatic rings. The Morgan fingerprint density at radius 2 is 0.864 bits per heavy atom. The zero-order valence-electron chi connectivity index (χ0n) is 12.1. The summed E-state index contributed by atoms with van der Waals surface area (Å²) >= 11 is 0. The predicted octanol–water partition coefficient (Wildman–Crippen LogP) is 0.398. The van der Waals surface area contributed by atoms with E-state index in [4.69, 9.17) is 31.3 Å². The molecule has 130 valence electrons. The van der Waals surface area contributed by atoms with E-state index < -0.39 is 23.9 Å². The summed E-state index contributed by atoms with van der Waals surface area (Å²) < 4.78 is 0. The average molecular weight is 326 g/mol. The molecular weight excluding hydrogens is 304 g/mol. The summed E-state index contributed by atoms with van der Waals surface area (Å²) in [5.41, 5.74) is 4.76. The lowest BCUT2D eigenvalue weighted by Gasteiger charge is -1.85. The van der Waals surface area contributed by atoms with Gasteiger partial charge in [0.15, 0.2) is 0 Å². The highest BCUT2D eigenvalue weighted by Crippen LogP contribution is 1.86. The minimum Gasteiger partial charge on any atom is -0.511 e. The number of nitrogens with two attached hydrogens (primary N) is 1. The molecule has 0 unspecified atom stereocenters. The number of hydrogen-bond acceptors (Lipinski definition) is 7. The summed E-state index contributed by atoms with van der Waals surface area (Å²) in [6, 6.07) is 0. The number of hydrogen-bond donors (Lipinski definition) is 7. The molecule has 0 spiro atoms. The number of rotatable bonds is 6. The van der Waals surface area contributed by atoms with Gasteiger partial charge in [0, 0.05) is 6.20 Å². The van der Waals surface area contributed by atoms with Crippen molar-refractivity contribution >= 4 is 23.9 Å². The van der Waals surface area contributed by atoms with Crippen molar-refractivity contribution in [1.29, 1.82) is 0 Å². The Hall–Kier alpha value is -2.82. The van der Waals surface area contributed by atoms with Gasteiger partial charge in [0.1, 0.15) is 5.76 Å². The lowest BCUT2D eigenvalue weighted by molar-refractivity contribution is -0.143. The number of aliphatic hydroxyl groups excluding tert-OH is 1. The van der Waals surface area contributed by atoms with Crippen molar-refractivity contribution in [1.82, 2.24) is 6.15 Å². The third-order valence-electron chi connectivity index (χ3n) is 1.35. The van der Waals surface area contributed by atoms with Crippen LogP contribution in [0.2, 0.25) is 0 Å². The molecule has 0 saturated heterocycles. The zero-order valence-corrected chi connectivity index (χ0v) is 12.1. The highest BCUT2D eigenvalue weighted by molar-refractivity contribution is 5.75. The van der Waals surface area contributed by atoms with E-state index in [1.165, 1.54) is 6.92 Å². The van der Waals surface area contributed by atoms with Crippen molar-refractivity contribution < 1.29 is 44.7 Å². The van der Waals surface area contributed by atoms with Gasteiger partial charge in [-0.2, -0.15) is 0 Å². The van der Waals surface area contributed by atoms with Crippen LogP contribution < -0.4 is 11.9 Å². The van der Waals surface area contributed by atoms with E-state index in [2.05, 4.69) is 0 Å². The Labute approximate surface area is 126 Å². The smallest absolute Gasteiger partial charge is 0.303 e. The predicted molar refractivity (Wildman–Crippen MR) is 74.6 cm³/mol. The van der Waals surface area contributed by atoms with Gasteiger partial charge >= 0.3 is 23.9 Å². The van der Waals surface area contributed by atoms with E-state index >= 15 is 0 Å². The van der Waals surface area contributed by atoms with Crippen molar-refractivity contribution in [2.24, 2.45) is 5.73 Å². The SMILES string of the molecule is CC(O)=CN.N.O=C(O)CCC(=O)O.O=C(O)CCC(=O)O. The van der Waals surface area contributed by atoms with Crippen molar-refractivity contribution in [3.63, 3.8) is 0 Å². The first-order chi connectivity index (χ1) is 9.52. The maximum absolute atomic E-state index is 9.64. The molecular formula is C11H22N2O9. The van der Waals surface area contributed by atoms with E-state index in [0.717, 1.165) is 6.20 Å². The number of carboxylic acid groups (broad SMARTS) is 4. The van der Waals surface area contributed by atoms with Gasteiger partial charge < -0.3 is 37.4 Å². The van der Waals surface area contributed by atoms with Crippen LogP contribution in [0.1, 0.15) is 32.6 Å². The van der Waals surface area contributed by atoms with Gasteiger partial charge in [0.2, 0.25) is 0 Å². The number of aliphatic carboxylic acids is 4. The van der Waals surface area contributed by atoms with Crippen LogP contribution in [-0.4, -0.2) is 49.4 Å². The monoisotopic (exact) mass is 326 g/mol. The molecule has 0 aromatic heterocycles. The number of allylic oxidation sites excluding steroid dienone is 1. The molecule has 0 saturated carbocycles. The van der Waals surface area contributed by atoms with Gasteiger partial charge in [0.25, 0.3) is 0 Å². The summed E-state index contributed by atoms with van der Waals surface area (Å²) in [5.74, 6) is -4.15. The quantitative estimate of drug-likeness (QED) is 0.330. The van der Waals surface area contributed by atoms with Gasteiger partial charge in [-0.1, -0.05) is 0 Å². The maximum atomic E-state index is 9.64. The molecule has 11 heteroatoms. The summed E-state index contributed by atoms with van der Waals surface area (Å²) in [5, 5.41) is 39.7. The van der Waals surface area contributed by atoms with Crippen LogP contribution in [0.5, 0.6) is 0 Å². The van der Waals surface area contributed by atoms with Crippen LogP contribution in [0, 0.1) is 0 Å². The maximum Gasteiger partial charge on any atom is 0.303 e. The molecule has 0 atom stereocenters. The summed E-state index contributed by atoms with van der Waals surface area (Å²) in [6.45, 7) is 1.51. The molecule has 0 aromatic carbocycles. The number of carboxylic acids is 4. The van der Waals surface area contributed by atoms with Gasteiger partial charge in [-0.15, -0.1) is 0 Å². The molecule has 0 amide bonds. The Balaban J connectivity index is -0.000000111. The van der Waals surface area contributed by atoms with Crippen molar-refractivity contribution in [2.75, 3.05) is 0 Å². The second-order valence-electron chi connectivity index (χ2n) is 3.38. The average Bonchev–Trinajstić information content (AvgIpc) is 2.35. The van der Waals surface area contributed by atoms with Crippen LogP contribution >= 0.6 is 0 Å². The van der Waals surface area contributed by atoms with Crippen molar-refractivity contribution in [3.8, 4) is 0 Å². The zero-order chi connectivity index (χ0) is 17.4. The normalized spacial score (nSPS) is 8.86. The van der Waals surface area contributed by atoms with E-state index in [1.54, 1.807) is 0 Å². The van der Waals surface area contributed by atoms with Crippen LogP contribution in [0.15, 0.2) is 12.0 Å². The Morgan fingerprint density at radius 1 is 0.727 bits per heavy atom. The molecule has 0 aliphatic heterocycles.